The number of aryl methyl sites for hydroxylation is 1. The summed E-state index contributed by atoms with van der Waals surface area (Å²) in [4.78, 5) is 11.6. The number of aromatic nitrogens is 1. The standard InChI is InChI=1S/C12H22N4O3S/c1-4-6-7-16(5-2)20(18,19)10-8-11(12(17)14-13)15(3)9-10/h8-9H,4-7,13H2,1-3H3,(H,14,17). The molecule has 1 rings (SSSR count). The molecule has 0 aliphatic rings. The van der Waals surface area contributed by atoms with Gasteiger partial charge in [0.2, 0.25) is 10.0 Å². The maximum atomic E-state index is 12.5. The summed E-state index contributed by atoms with van der Waals surface area (Å²) in [7, 11) is -1.97. The van der Waals surface area contributed by atoms with Crippen molar-refractivity contribution >= 4 is 15.9 Å². The number of hydrogen-bond donors (Lipinski definition) is 2. The number of nitrogens with two attached hydrogens (primary N) is 1. The zero-order valence-electron chi connectivity index (χ0n) is 12.1. The third-order valence-electron chi connectivity index (χ3n) is 3.10. The molecule has 0 radical (unpaired) electrons. The summed E-state index contributed by atoms with van der Waals surface area (Å²) in [6.07, 6.45) is 3.15. The number of rotatable bonds is 7. The number of carbonyl (C=O) groups excluding carboxylic acids is 1. The first kappa shape index (κ1) is 16.7. The average molecular weight is 302 g/mol. The lowest BCUT2D eigenvalue weighted by molar-refractivity contribution is 0.0945. The maximum absolute atomic E-state index is 12.5. The zero-order chi connectivity index (χ0) is 15.3. The van der Waals surface area contributed by atoms with Gasteiger partial charge >= 0.3 is 0 Å². The summed E-state index contributed by atoms with van der Waals surface area (Å²) in [5, 5.41) is 0. The summed E-state index contributed by atoms with van der Waals surface area (Å²) < 4.78 is 27.9. The molecular weight excluding hydrogens is 280 g/mol. The van der Waals surface area contributed by atoms with Crippen LogP contribution in [0.1, 0.15) is 37.2 Å². The zero-order valence-corrected chi connectivity index (χ0v) is 12.9. The van der Waals surface area contributed by atoms with Gasteiger partial charge in [0.25, 0.3) is 5.91 Å². The van der Waals surface area contributed by atoms with E-state index in [-0.39, 0.29) is 10.6 Å². The smallest absolute Gasteiger partial charge is 0.281 e. The van der Waals surface area contributed by atoms with Crippen molar-refractivity contribution in [1.82, 2.24) is 14.3 Å². The first-order chi connectivity index (χ1) is 9.38. The van der Waals surface area contributed by atoms with Crippen molar-refractivity contribution in [1.29, 1.82) is 0 Å². The van der Waals surface area contributed by atoms with Gasteiger partial charge in [0.15, 0.2) is 0 Å². The number of carbonyl (C=O) groups is 1. The second kappa shape index (κ2) is 6.87. The SMILES string of the molecule is CCCCN(CC)S(=O)(=O)c1cc(C(=O)NN)n(C)c1. The second-order valence-electron chi connectivity index (χ2n) is 4.50. The van der Waals surface area contributed by atoms with Crippen LogP contribution in [-0.4, -0.2) is 36.3 Å². The van der Waals surface area contributed by atoms with E-state index in [1.54, 1.807) is 14.0 Å². The van der Waals surface area contributed by atoms with Crippen LogP contribution in [0.2, 0.25) is 0 Å². The fourth-order valence-corrected chi connectivity index (χ4v) is 3.47. The minimum Gasteiger partial charge on any atom is -0.345 e. The molecule has 0 aliphatic heterocycles. The van der Waals surface area contributed by atoms with Crippen molar-refractivity contribution in [3.8, 4) is 0 Å². The predicted octanol–water partition coefficient (Wildman–Crippen LogP) is 0.439. The molecule has 0 spiro atoms. The Labute approximate surface area is 119 Å². The van der Waals surface area contributed by atoms with Gasteiger partial charge in [0.1, 0.15) is 10.6 Å². The average Bonchev–Trinajstić information content (AvgIpc) is 2.81. The first-order valence-corrected chi connectivity index (χ1v) is 7.99. The fourth-order valence-electron chi connectivity index (χ4n) is 1.91. The van der Waals surface area contributed by atoms with E-state index in [2.05, 4.69) is 0 Å². The molecule has 0 bridgehead atoms. The largest absolute Gasteiger partial charge is 0.345 e. The van der Waals surface area contributed by atoms with Crippen LogP contribution in [0.3, 0.4) is 0 Å². The van der Waals surface area contributed by atoms with Gasteiger partial charge in [-0.1, -0.05) is 20.3 Å². The third-order valence-corrected chi connectivity index (χ3v) is 5.03. The molecule has 0 saturated carbocycles. The molecule has 1 aromatic heterocycles. The molecule has 3 N–H and O–H groups in total. The normalized spacial score (nSPS) is 11.8. The summed E-state index contributed by atoms with van der Waals surface area (Å²) in [6, 6.07) is 1.34. The number of sulfonamides is 1. The number of nitrogens with one attached hydrogen (secondary N) is 1. The van der Waals surface area contributed by atoms with Gasteiger partial charge in [-0.25, -0.2) is 14.3 Å². The minimum absolute atomic E-state index is 0.108. The van der Waals surface area contributed by atoms with Crippen LogP contribution in [0.15, 0.2) is 17.2 Å². The maximum Gasteiger partial charge on any atom is 0.281 e. The number of nitrogen functional groups attached to an aromatic ring is 1. The van der Waals surface area contributed by atoms with Crippen LogP contribution in [0.5, 0.6) is 0 Å². The van der Waals surface area contributed by atoms with Crippen molar-refractivity contribution in [2.45, 2.75) is 31.6 Å². The highest BCUT2D eigenvalue weighted by molar-refractivity contribution is 7.89. The van der Waals surface area contributed by atoms with E-state index >= 15 is 0 Å². The minimum atomic E-state index is -3.58. The van der Waals surface area contributed by atoms with Gasteiger partial charge in [-0.2, -0.15) is 4.31 Å². The van der Waals surface area contributed by atoms with Gasteiger partial charge < -0.3 is 4.57 Å². The Morgan fingerprint density at radius 2 is 2.10 bits per heavy atom. The summed E-state index contributed by atoms with van der Waals surface area (Å²) >= 11 is 0. The molecule has 1 heterocycles. The van der Waals surface area contributed by atoms with Gasteiger partial charge in [0.05, 0.1) is 0 Å². The van der Waals surface area contributed by atoms with Crippen LogP contribution >= 0.6 is 0 Å². The topological polar surface area (TPSA) is 97.4 Å². The van der Waals surface area contributed by atoms with Crippen molar-refractivity contribution in [3.63, 3.8) is 0 Å². The molecule has 7 nitrogen and oxygen atoms in total. The molecule has 0 aromatic carbocycles. The molecule has 0 atom stereocenters. The van der Waals surface area contributed by atoms with Crippen LogP contribution in [0, 0.1) is 0 Å². The highest BCUT2D eigenvalue weighted by atomic mass is 32.2. The highest BCUT2D eigenvalue weighted by Crippen LogP contribution is 2.19. The number of unbranched alkanes of at least 4 members (excludes halogenated alkanes) is 1. The van der Waals surface area contributed by atoms with E-state index < -0.39 is 15.9 Å². The Kier molecular flexibility index (Phi) is 5.73. The van der Waals surface area contributed by atoms with E-state index in [9.17, 15) is 13.2 Å². The van der Waals surface area contributed by atoms with Gasteiger partial charge in [0, 0.05) is 26.3 Å². The monoisotopic (exact) mass is 302 g/mol. The van der Waals surface area contributed by atoms with Crippen molar-refractivity contribution in [2.24, 2.45) is 12.9 Å². The highest BCUT2D eigenvalue weighted by Gasteiger charge is 2.25. The molecule has 0 aliphatic carbocycles. The Morgan fingerprint density at radius 3 is 2.60 bits per heavy atom. The fraction of sp³-hybridized carbons (Fsp3) is 0.583. The van der Waals surface area contributed by atoms with Crippen molar-refractivity contribution in [3.05, 3.63) is 18.0 Å². The van der Waals surface area contributed by atoms with E-state index in [4.69, 9.17) is 5.84 Å². The molecule has 0 fully saturated rings. The van der Waals surface area contributed by atoms with E-state index in [1.165, 1.54) is 21.1 Å². The lowest BCUT2D eigenvalue weighted by Gasteiger charge is -2.19. The van der Waals surface area contributed by atoms with E-state index in [0.717, 1.165) is 12.8 Å². The van der Waals surface area contributed by atoms with E-state index in [0.29, 0.717) is 13.1 Å². The predicted molar refractivity (Wildman–Crippen MR) is 76.4 cm³/mol. The van der Waals surface area contributed by atoms with Crippen LogP contribution < -0.4 is 11.3 Å². The number of nitrogens with zero attached hydrogens (tertiary/aromatic N) is 2. The molecule has 0 unspecified atom stereocenters. The molecule has 1 amide bonds. The second-order valence-corrected chi connectivity index (χ2v) is 6.43. The molecule has 1 aromatic rings. The van der Waals surface area contributed by atoms with Crippen molar-refractivity contribution < 1.29 is 13.2 Å². The summed E-state index contributed by atoms with van der Waals surface area (Å²) in [5.74, 6) is 4.55. The number of hydrazine groups is 1. The van der Waals surface area contributed by atoms with Crippen LogP contribution in [0.25, 0.3) is 0 Å². The number of amides is 1. The van der Waals surface area contributed by atoms with Crippen LogP contribution in [0.4, 0.5) is 0 Å². The summed E-state index contributed by atoms with van der Waals surface area (Å²) in [6.45, 7) is 4.68. The first-order valence-electron chi connectivity index (χ1n) is 6.55. The Morgan fingerprint density at radius 1 is 1.45 bits per heavy atom. The molecule has 20 heavy (non-hydrogen) atoms. The van der Waals surface area contributed by atoms with Crippen molar-refractivity contribution in [2.75, 3.05) is 13.1 Å². The van der Waals surface area contributed by atoms with E-state index in [1.807, 2.05) is 12.3 Å². The molecule has 114 valence electrons. The Balaban J connectivity index is 3.12. The third kappa shape index (κ3) is 3.38. The number of hydrogen-bond acceptors (Lipinski definition) is 4. The van der Waals surface area contributed by atoms with Gasteiger partial charge in [-0.05, 0) is 12.5 Å². The Bertz CT molecular complexity index is 565. The molecule has 8 heteroatoms. The molecular formula is C12H22N4O3S. The lowest BCUT2D eigenvalue weighted by atomic mass is 10.3. The quantitative estimate of drug-likeness (QED) is 0.434. The lowest BCUT2D eigenvalue weighted by Crippen LogP contribution is -2.32. The Hall–Kier alpha value is -1.38. The summed E-state index contributed by atoms with van der Waals surface area (Å²) in [5.41, 5.74) is 2.20. The molecule has 0 saturated heterocycles. The van der Waals surface area contributed by atoms with Gasteiger partial charge in [-0.15, -0.1) is 0 Å². The van der Waals surface area contributed by atoms with Crippen LogP contribution in [-0.2, 0) is 17.1 Å². The van der Waals surface area contributed by atoms with Gasteiger partial charge in [-0.3, -0.25) is 10.2 Å².